The fourth-order valence-corrected chi connectivity index (χ4v) is 1.56. The SMILES string of the molecule is CC(CC=O)c1ccc2ccoc2c1. The Morgan fingerprint density at radius 2 is 2.29 bits per heavy atom. The highest BCUT2D eigenvalue weighted by atomic mass is 16.3. The summed E-state index contributed by atoms with van der Waals surface area (Å²) in [6.07, 6.45) is 3.20. The Morgan fingerprint density at radius 1 is 1.43 bits per heavy atom. The van der Waals surface area contributed by atoms with Crippen LogP contribution in [0.15, 0.2) is 34.9 Å². The van der Waals surface area contributed by atoms with Gasteiger partial charge in [0.1, 0.15) is 11.9 Å². The number of rotatable bonds is 3. The zero-order valence-corrected chi connectivity index (χ0v) is 8.07. The van der Waals surface area contributed by atoms with E-state index in [9.17, 15) is 4.79 Å². The first-order chi connectivity index (χ1) is 6.81. The number of benzene rings is 1. The van der Waals surface area contributed by atoms with Crippen molar-refractivity contribution in [1.82, 2.24) is 0 Å². The van der Waals surface area contributed by atoms with Crippen molar-refractivity contribution in [3.8, 4) is 0 Å². The molecule has 2 rings (SSSR count). The van der Waals surface area contributed by atoms with E-state index in [-0.39, 0.29) is 5.92 Å². The minimum absolute atomic E-state index is 0.266. The number of aldehydes is 1. The third-order valence-electron chi connectivity index (χ3n) is 2.50. The average molecular weight is 188 g/mol. The molecule has 0 fully saturated rings. The molecule has 0 spiro atoms. The van der Waals surface area contributed by atoms with Crippen LogP contribution in [0.25, 0.3) is 11.0 Å². The standard InChI is InChI=1S/C12H12O2/c1-9(4-6-13)11-3-2-10-5-7-14-12(10)8-11/h2-3,5-9H,4H2,1H3. The summed E-state index contributed by atoms with van der Waals surface area (Å²) >= 11 is 0. The van der Waals surface area contributed by atoms with Crippen molar-refractivity contribution in [3.63, 3.8) is 0 Å². The van der Waals surface area contributed by atoms with Crippen molar-refractivity contribution in [1.29, 1.82) is 0 Å². The van der Waals surface area contributed by atoms with E-state index in [2.05, 4.69) is 0 Å². The van der Waals surface area contributed by atoms with Gasteiger partial charge < -0.3 is 9.21 Å². The zero-order chi connectivity index (χ0) is 9.97. The van der Waals surface area contributed by atoms with Gasteiger partial charge in [-0.05, 0) is 23.6 Å². The molecule has 0 bridgehead atoms. The molecule has 2 aromatic rings. The van der Waals surface area contributed by atoms with Crippen LogP contribution in [0.5, 0.6) is 0 Å². The molecule has 14 heavy (non-hydrogen) atoms. The molecule has 1 unspecified atom stereocenters. The smallest absolute Gasteiger partial charge is 0.134 e. The molecule has 0 amide bonds. The van der Waals surface area contributed by atoms with Crippen molar-refractivity contribution < 1.29 is 9.21 Å². The Kier molecular flexibility index (Phi) is 2.35. The van der Waals surface area contributed by atoms with Crippen molar-refractivity contribution in [2.75, 3.05) is 0 Å². The Morgan fingerprint density at radius 3 is 3.07 bits per heavy atom. The van der Waals surface area contributed by atoms with Gasteiger partial charge in [-0.2, -0.15) is 0 Å². The van der Waals surface area contributed by atoms with Crippen molar-refractivity contribution in [2.24, 2.45) is 0 Å². The summed E-state index contributed by atoms with van der Waals surface area (Å²) < 4.78 is 5.30. The third kappa shape index (κ3) is 1.55. The summed E-state index contributed by atoms with van der Waals surface area (Å²) in [5.41, 5.74) is 2.04. The van der Waals surface area contributed by atoms with E-state index in [0.29, 0.717) is 6.42 Å². The maximum atomic E-state index is 10.4. The Balaban J connectivity index is 2.38. The lowest BCUT2D eigenvalue weighted by atomic mass is 9.98. The summed E-state index contributed by atoms with van der Waals surface area (Å²) in [6, 6.07) is 8.01. The predicted molar refractivity (Wildman–Crippen MR) is 55.3 cm³/mol. The monoisotopic (exact) mass is 188 g/mol. The molecule has 0 aliphatic carbocycles. The second kappa shape index (κ2) is 3.66. The molecule has 0 saturated heterocycles. The van der Waals surface area contributed by atoms with Crippen molar-refractivity contribution >= 4 is 17.3 Å². The molecular weight excluding hydrogens is 176 g/mol. The Bertz CT molecular complexity index is 442. The van der Waals surface area contributed by atoms with Gasteiger partial charge in [-0.3, -0.25) is 0 Å². The molecule has 1 atom stereocenters. The molecule has 1 heterocycles. The highest BCUT2D eigenvalue weighted by Crippen LogP contribution is 2.23. The highest BCUT2D eigenvalue weighted by Gasteiger charge is 2.06. The minimum atomic E-state index is 0.266. The fourth-order valence-electron chi connectivity index (χ4n) is 1.56. The Hall–Kier alpha value is -1.57. The van der Waals surface area contributed by atoms with Crippen LogP contribution < -0.4 is 0 Å². The summed E-state index contributed by atoms with van der Waals surface area (Å²) in [5, 5.41) is 1.10. The van der Waals surface area contributed by atoms with Gasteiger partial charge in [0.05, 0.1) is 6.26 Å². The van der Waals surface area contributed by atoms with Crippen LogP contribution in [0, 0.1) is 0 Å². The molecule has 0 aliphatic heterocycles. The number of hydrogen-bond acceptors (Lipinski definition) is 2. The van der Waals surface area contributed by atoms with Gasteiger partial charge in [-0.25, -0.2) is 0 Å². The van der Waals surface area contributed by atoms with Crippen molar-refractivity contribution in [3.05, 3.63) is 36.1 Å². The number of fused-ring (bicyclic) bond motifs is 1. The number of carbonyl (C=O) groups excluding carboxylic acids is 1. The van der Waals surface area contributed by atoms with Gasteiger partial charge in [0.25, 0.3) is 0 Å². The van der Waals surface area contributed by atoms with E-state index in [1.54, 1.807) is 6.26 Å². The Labute approximate surface area is 82.5 Å². The van der Waals surface area contributed by atoms with Crippen molar-refractivity contribution in [2.45, 2.75) is 19.3 Å². The van der Waals surface area contributed by atoms with Gasteiger partial charge in [0, 0.05) is 11.8 Å². The van der Waals surface area contributed by atoms with Gasteiger partial charge in [0.2, 0.25) is 0 Å². The van der Waals surface area contributed by atoms with E-state index >= 15 is 0 Å². The largest absolute Gasteiger partial charge is 0.464 e. The first-order valence-electron chi connectivity index (χ1n) is 4.72. The topological polar surface area (TPSA) is 30.2 Å². The molecular formula is C12H12O2. The molecule has 72 valence electrons. The summed E-state index contributed by atoms with van der Waals surface area (Å²) in [7, 11) is 0. The maximum absolute atomic E-state index is 10.4. The zero-order valence-electron chi connectivity index (χ0n) is 8.07. The summed E-state index contributed by atoms with van der Waals surface area (Å²) in [4.78, 5) is 10.4. The van der Waals surface area contributed by atoms with Crippen LogP contribution in [-0.2, 0) is 4.79 Å². The molecule has 2 heteroatoms. The van der Waals surface area contributed by atoms with Gasteiger partial charge in [0.15, 0.2) is 0 Å². The first-order valence-corrected chi connectivity index (χ1v) is 4.72. The lowest BCUT2D eigenvalue weighted by Crippen LogP contribution is -1.93. The van der Waals surface area contributed by atoms with E-state index in [0.717, 1.165) is 22.8 Å². The molecule has 0 N–H and O–H groups in total. The van der Waals surface area contributed by atoms with Gasteiger partial charge in [-0.1, -0.05) is 19.1 Å². The predicted octanol–water partition coefficient (Wildman–Crippen LogP) is 3.13. The van der Waals surface area contributed by atoms with Crippen LogP contribution in [0.4, 0.5) is 0 Å². The summed E-state index contributed by atoms with van der Waals surface area (Å²) in [6.45, 7) is 2.04. The van der Waals surface area contributed by atoms with E-state index < -0.39 is 0 Å². The average Bonchev–Trinajstić information content (AvgIpc) is 2.64. The number of hydrogen-bond donors (Lipinski definition) is 0. The highest BCUT2D eigenvalue weighted by molar-refractivity contribution is 5.77. The second-order valence-electron chi connectivity index (χ2n) is 3.52. The molecule has 1 aromatic carbocycles. The summed E-state index contributed by atoms with van der Waals surface area (Å²) in [5.74, 6) is 0.266. The van der Waals surface area contributed by atoms with Crippen LogP contribution in [-0.4, -0.2) is 6.29 Å². The minimum Gasteiger partial charge on any atom is -0.464 e. The fraction of sp³-hybridized carbons (Fsp3) is 0.250. The van der Waals surface area contributed by atoms with Crippen LogP contribution in [0.3, 0.4) is 0 Å². The second-order valence-corrected chi connectivity index (χ2v) is 3.52. The third-order valence-corrected chi connectivity index (χ3v) is 2.50. The maximum Gasteiger partial charge on any atom is 0.134 e. The van der Waals surface area contributed by atoms with Crippen LogP contribution >= 0.6 is 0 Å². The van der Waals surface area contributed by atoms with Crippen LogP contribution in [0.1, 0.15) is 24.8 Å². The molecule has 1 aromatic heterocycles. The van der Waals surface area contributed by atoms with E-state index in [1.807, 2.05) is 31.2 Å². The lowest BCUT2D eigenvalue weighted by Gasteiger charge is -2.06. The van der Waals surface area contributed by atoms with E-state index in [1.165, 1.54) is 0 Å². The normalized spacial score (nSPS) is 12.9. The molecule has 2 nitrogen and oxygen atoms in total. The number of carbonyl (C=O) groups is 1. The van der Waals surface area contributed by atoms with Gasteiger partial charge in [-0.15, -0.1) is 0 Å². The molecule has 0 radical (unpaired) electrons. The molecule has 0 aliphatic rings. The first kappa shape index (κ1) is 9.00. The number of furan rings is 1. The molecule has 0 saturated carbocycles. The quantitative estimate of drug-likeness (QED) is 0.693. The lowest BCUT2D eigenvalue weighted by molar-refractivity contribution is -0.108. The van der Waals surface area contributed by atoms with Gasteiger partial charge >= 0.3 is 0 Å². The van der Waals surface area contributed by atoms with Crippen LogP contribution in [0.2, 0.25) is 0 Å². The van der Waals surface area contributed by atoms with E-state index in [4.69, 9.17) is 4.42 Å².